The number of carbonyl (C=O) groups excluding carboxylic acids is 1. The Kier molecular flexibility index (Phi) is 6.10. The summed E-state index contributed by atoms with van der Waals surface area (Å²) in [4.78, 5) is 14.8. The monoisotopic (exact) mass is 399 g/mol. The van der Waals surface area contributed by atoms with Gasteiger partial charge < -0.3 is 9.05 Å². The lowest BCUT2D eigenvalue weighted by molar-refractivity contribution is 0.373. The molecule has 0 N–H and O–H groups in total. The maximum atomic E-state index is 13.8. The Morgan fingerprint density at radius 2 is 1.30 bits per heavy atom. The molecule has 0 aliphatic heterocycles. The van der Waals surface area contributed by atoms with Gasteiger partial charge in [0.25, 0.3) is 0 Å². The van der Waals surface area contributed by atoms with Crippen molar-refractivity contribution in [2.45, 2.75) is 5.78 Å². The molecule has 0 heterocycles. The van der Waals surface area contributed by atoms with Crippen LogP contribution in [0.2, 0.25) is 5.02 Å². The van der Waals surface area contributed by atoms with Gasteiger partial charge in [0.1, 0.15) is 11.5 Å². The molecule has 0 amide bonds. The molecule has 3 aromatic rings. The summed E-state index contributed by atoms with van der Waals surface area (Å²) in [5, 5.41) is 0.496. The first-order valence-corrected chi connectivity index (χ1v) is 10.0. The van der Waals surface area contributed by atoms with Crippen LogP contribution in [0.5, 0.6) is 11.5 Å². The lowest BCUT2D eigenvalue weighted by Gasteiger charge is -2.24. The summed E-state index contributed by atoms with van der Waals surface area (Å²) >= 11 is 5.93. The van der Waals surface area contributed by atoms with Crippen LogP contribution in [0.1, 0.15) is 11.3 Å². The summed E-state index contributed by atoms with van der Waals surface area (Å²) in [6.45, 7) is 0. The molecule has 27 heavy (non-hydrogen) atoms. The first kappa shape index (κ1) is 18.9. The number of nitrogens with zero attached hydrogens (tertiary/aromatic N) is 1. The largest absolute Gasteiger partial charge is 0.460 e. The normalized spacial score (nSPS) is 11.9. The maximum absolute atomic E-state index is 13.8. The standard InChI is InChI=1S/C20H15ClNO4P/c21-17-13-11-16(12-14-17)20(22-15-23)27(24,25-18-7-3-1-4-8-18)26-19-9-5-2-6-10-19/h1-14,20H. The molecule has 0 radical (unpaired) electrons. The molecule has 0 aromatic heterocycles. The third-order valence-electron chi connectivity index (χ3n) is 3.59. The van der Waals surface area contributed by atoms with Gasteiger partial charge in [-0.25, -0.2) is 9.36 Å². The van der Waals surface area contributed by atoms with E-state index in [1.807, 2.05) is 0 Å². The minimum absolute atomic E-state index is 0.330. The van der Waals surface area contributed by atoms with Crippen molar-refractivity contribution in [2.75, 3.05) is 0 Å². The molecule has 0 spiro atoms. The van der Waals surface area contributed by atoms with Gasteiger partial charge in [0.05, 0.1) is 0 Å². The number of benzene rings is 3. The van der Waals surface area contributed by atoms with Crippen molar-refractivity contribution in [1.29, 1.82) is 0 Å². The van der Waals surface area contributed by atoms with Gasteiger partial charge in [0.2, 0.25) is 11.9 Å². The Morgan fingerprint density at radius 3 is 1.74 bits per heavy atom. The molecule has 0 aliphatic carbocycles. The van der Waals surface area contributed by atoms with Crippen LogP contribution < -0.4 is 9.05 Å². The minimum Gasteiger partial charge on any atom is -0.414 e. The third kappa shape index (κ3) is 4.87. The fourth-order valence-corrected chi connectivity index (χ4v) is 4.31. The second-order valence-electron chi connectivity index (χ2n) is 5.49. The number of halogens is 1. The van der Waals surface area contributed by atoms with Crippen LogP contribution in [-0.4, -0.2) is 6.08 Å². The Morgan fingerprint density at radius 1 is 0.815 bits per heavy atom. The highest BCUT2D eigenvalue weighted by Gasteiger charge is 2.41. The fourth-order valence-electron chi connectivity index (χ4n) is 2.39. The molecule has 0 bridgehead atoms. The van der Waals surface area contributed by atoms with E-state index in [9.17, 15) is 9.36 Å². The predicted octanol–water partition coefficient (Wildman–Crippen LogP) is 6.03. The zero-order chi connectivity index (χ0) is 19.1. The number of hydrogen-bond donors (Lipinski definition) is 0. The highest BCUT2D eigenvalue weighted by atomic mass is 35.5. The van der Waals surface area contributed by atoms with Crippen LogP contribution in [0.4, 0.5) is 0 Å². The van der Waals surface area contributed by atoms with E-state index >= 15 is 0 Å². The molecule has 0 fully saturated rings. The van der Waals surface area contributed by atoms with Gasteiger partial charge >= 0.3 is 7.60 Å². The molecule has 3 aromatic carbocycles. The molecule has 1 unspecified atom stereocenters. The van der Waals surface area contributed by atoms with E-state index in [0.29, 0.717) is 22.1 Å². The molecule has 0 aliphatic rings. The Labute approximate surface area is 161 Å². The summed E-state index contributed by atoms with van der Waals surface area (Å²) in [6, 6.07) is 23.6. The lowest BCUT2D eigenvalue weighted by Crippen LogP contribution is -2.09. The van der Waals surface area contributed by atoms with E-state index in [1.165, 1.54) is 6.08 Å². The summed E-state index contributed by atoms with van der Waals surface area (Å²) < 4.78 is 25.2. The van der Waals surface area contributed by atoms with Crippen LogP contribution in [0.25, 0.3) is 0 Å². The van der Waals surface area contributed by atoms with E-state index in [2.05, 4.69) is 4.99 Å². The fraction of sp³-hybridized carbons (Fsp3) is 0.0500. The molecular formula is C20H15ClNO4P. The number of aliphatic imine (C=N–C) groups is 1. The first-order valence-electron chi connectivity index (χ1n) is 8.02. The molecular weight excluding hydrogens is 385 g/mol. The first-order chi connectivity index (χ1) is 13.1. The van der Waals surface area contributed by atoms with Gasteiger partial charge in [0, 0.05) is 5.02 Å². The third-order valence-corrected chi connectivity index (χ3v) is 5.79. The van der Waals surface area contributed by atoms with E-state index in [4.69, 9.17) is 20.6 Å². The topological polar surface area (TPSA) is 65.0 Å². The Hall–Kier alpha value is -2.84. The van der Waals surface area contributed by atoms with Crippen molar-refractivity contribution in [3.63, 3.8) is 0 Å². The predicted molar refractivity (Wildman–Crippen MR) is 104 cm³/mol. The molecule has 1 atom stereocenters. The van der Waals surface area contributed by atoms with Crippen molar-refractivity contribution in [1.82, 2.24) is 0 Å². The van der Waals surface area contributed by atoms with Gasteiger partial charge in [-0.05, 0) is 42.0 Å². The van der Waals surface area contributed by atoms with E-state index in [0.717, 1.165) is 0 Å². The van der Waals surface area contributed by atoms with E-state index in [-0.39, 0.29) is 0 Å². The van der Waals surface area contributed by atoms with Gasteiger partial charge in [0.15, 0.2) is 0 Å². The molecule has 5 nitrogen and oxygen atoms in total. The van der Waals surface area contributed by atoms with Crippen molar-refractivity contribution >= 4 is 25.3 Å². The van der Waals surface area contributed by atoms with Crippen LogP contribution in [0, 0.1) is 0 Å². The molecule has 0 saturated carbocycles. The zero-order valence-corrected chi connectivity index (χ0v) is 15.7. The van der Waals surface area contributed by atoms with Gasteiger partial charge in [-0.2, -0.15) is 4.99 Å². The molecule has 136 valence electrons. The molecule has 7 heteroatoms. The maximum Gasteiger partial charge on any atom is 0.460 e. The van der Waals surface area contributed by atoms with Gasteiger partial charge in [-0.15, -0.1) is 0 Å². The summed E-state index contributed by atoms with van der Waals surface area (Å²) in [5.41, 5.74) is 0.456. The smallest absolute Gasteiger partial charge is 0.414 e. The van der Waals surface area contributed by atoms with E-state index < -0.39 is 13.4 Å². The Balaban J connectivity index is 2.06. The highest BCUT2D eigenvalue weighted by Crippen LogP contribution is 2.60. The van der Waals surface area contributed by atoms with Crippen molar-refractivity contribution < 1.29 is 18.4 Å². The summed E-state index contributed by atoms with van der Waals surface area (Å²) in [6.07, 6.45) is 1.47. The van der Waals surface area contributed by atoms with Gasteiger partial charge in [-0.3, -0.25) is 0 Å². The van der Waals surface area contributed by atoms with Crippen molar-refractivity contribution in [3.05, 3.63) is 95.5 Å². The van der Waals surface area contributed by atoms with Crippen molar-refractivity contribution in [3.8, 4) is 11.5 Å². The van der Waals surface area contributed by atoms with Crippen LogP contribution in [-0.2, 0) is 9.36 Å². The zero-order valence-electron chi connectivity index (χ0n) is 14.1. The van der Waals surface area contributed by atoms with Crippen LogP contribution >= 0.6 is 19.2 Å². The average molecular weight is 400 g/mol. The van der Waals surface area contributed by atoms with Crippen LogP contribution in [0.15, 0.2) is 89.9 Å². The Bertz CT molecular complexity index is 928. The second kappa shape index (κ2) is 8.70. The highest BCUT2D eigenvalue weighted by molar-refractivity contribution is 7.55. The second-order valence-corrected chi connectivity index (χ2v) is 7.86. The summed E-state index contributed by atoms with van der Waals surface area (Å²) in [7, 11) is -4.00. The average Bonchev–Trinajstić information content (AvgIpc) is 2.68. The lowest BCUT2D eigenvalue weighted by atomic mass is 10.2. The SMILES string of the molecule is O=C=NC(c1ccc(Cl)cc1)P(=O)(Oc1ccccc1)Oc1ccccc1. The summed E-state index contributed by atoms with van der Waals surface area (Å²) in [5.74, 6) is -0.540. The van der Waals surface area contributed by atoms with Crippen LogP contribution in [0.3, 0.4) is 0 Å². The molecule has 3 rings (SSSR count). The minimum atomic E-state index is -4.00. The number of hydrogen-bond acceptors (Lipinski definition) is 5. The number of para-hydroxylation sites is 2. The number of isocyanates is 1. The quantitative estimate of drug-likeness (QED) is 0.276. The van der Waals surface area contributed by atoms with Gasteiger partial charge in [-0.1, -0.05) is 60.1 Å². The van der Waals surface area contributed by atoms with E-state index in [1.54, 1.807) is 84.9 Å². The van der Waals surface area contributed by atoms with Crippen molar-refractivity contribution in [2.24, 2.45) is 4.99 Å². The number of rotatable bonds is 7. The molecule has 0 saturated heterocycles.